The number of rotatable bonds is 6. The quantitative estimate of drug-likeness (QED) is 0.816. The van der Waals surface area contributed by atoms with Gasteiger partial charge in [-0.1, -0.05) is 0 Å². The molecule has 1 amide bonds. The Labute approximate surface area is 148 Å². The Morgan fingerprint density at radius 2 is 2.08 bits per heavy atom. The number of nitrogens with one attached hydrogen (secondary N) is 2. The van der Waals surface area contributed by atoms with E-state index in [1.807, 2.05) is 6.92 Å². The fourth-order valence-corrected chi connectivity index (χ4v) is 3.89. The van der Waals surface area contributed by atoms with Crippen LogP contribution in [-0.2, 0) is 9.53 Å². The van der Waals surface area contributed by atoms with E-state index in [1.165, 1.54) is 12.8 Å². The first-order chi connectivity index (χ1) is 12.2. The average Bonchev–Trinajstić information content (AvgIpc) is 3.15. The maximum absolute atomic E-state index is 12.4. The standard InChI is InChI=1S/C18H29N5O2/c1-12(18(24)19-11-15-3-2-10-25-15)23-8-6-14(7-9-23)17-20-16(21-22-17)13-4-5-13/h12-15H,2-11H2,1H3,(H,19,24)(H,20,21,22)/t12-,15+/m1/s1. The molecule has 0 spiro atoms. The zero-order valence-electron chi connectivity index (χ0n) is 15.0. The topological polar surface area (TPSA) is 83.1 Å². The highest BCUT2D eigenvalue weighted by molar-refractivity contribution is 5.81. The van der Waals surface area contributed by atoms with Gasteiger partial charge in [0.05, 0.1) is 12.1 Å². The summed E-state index contributed by atoms with van der Waals surface area (Å²) in [4.78, 5) is 19.4. The lowest BCUT2D eigenvalue weighted by Crippen LogP contribution is -2.49. The van der Waals surface area contributed by atoms with Crippen molar-refractivity contribution in [2.45, 2.75) is 69.4 Å². The Bertz CT molecular complexity index is 586. The summed E-state index contributed by atoms with van der Waals surface area (Å²) >= 11 is 0. The minimum atomic E-state index is -0.0842. The predicted molar refractivity (Wildman–Crippen MR) is 93.4 cm³/mol. The number of H-pyrrole nitrogens is 1. The molecule has 0 bridgehead atoms. The second kappa shape index (κ2) is 7.41. The normalized spacial score (nSPS) is 26.7. The number of hydrogen-bond acceptors (Lipinski definition) is 5. The van der Waals surface area contributed by atoms with Crippen molar-refractivity contribution in [1.29, 1.82) is 0 Å². The monoisotopic (exact) mass is 347 g/mol. The molecule has 1 saturated carbocycles. The zero-order chi connectivity index (χ0) is 17.2. The third-order valence-corrected chi connectivity index (χ3v) is 5.83. The number of aromatic nitrogens is 3. The molecule has 0 radical (unpaired) electrons. The van der Waals surface area contributed by atoms with Gasteiger partial charge < -0.3 is 10.1 Å². The van der Waals surface area contributed by atoms with Crippen LogP contribution in [0.15, 0.2) is 0 Å². The summed E-state index contributed by atoms with van der Waals surface area (Å²) in [7, 11) is 0. The number of amides is 1. The maximum atomic E-state index is 12.4. The molecule has 0 aromatic carbocycles. The molecule has 2 atom stereocenters. The SMILES string of the molecule is C[C@H](C(=O)NC[C@@H]1CCCO1)N1CCC(c2nc(C3CC3)n[nH]2)CC1. The Hall–Kier alpha value is -1.47. The Morgan fingerprint density at radius 1 is 1.28 bits per heavy atom. The Morgan fingerprint density at radius 3 is 2.76 bits per heavy atom. The van der Waals surface area contributed by atoms with Crippen molar-refractivity contribution in [2.75, 3.05) is 26.2 Å². The molecule has 3 fully saturated rings. The van der Waals surface area contributed by atoms with E-state index in [2.05, 4.69) is 20.4 Å². The van der Waals surface area contributed by atoms with E-state index in [0.29, 0.717) is 18.4 Å². The van der Waals surface area contributed by atoms with Crippen LogP contribution >= 0.6 is 0 Å². The van der Waals surface area contributed by atoms with Crippen molar-refractivity contribution in [3.63, 3.8) is 0 Å². The third-order valence-electron chi connectivity index (χ3n) is 5.83. The molecule has 2 aliphatic heterocycles. The number of piperidine rings is 1. The van der Waals surface area contributed by atoms with E-state index < -0.39 is 0 Å². The van der Waals surface area contributed by atoms with Gasteiger partial charge in [-0.15, -0.1) is 0 Å². The molecule has 25 heavy (non-hydrogen) atoms. The fraction of sp³-hybridized carbons (Fsp3) is 0.833. The van der Waals surface area contributed by atoms with E-state index in [4.69, 9.17) is 9.72 Å². The van der Waals surface area contributed by atoms with Crippen LogP contribution in [0.1, 0.15) is 68.9 Å². The summed E-state index contributed by atoms with van der Waals surface area (Å²) in [5.74, 6) is 3.19. The van der Waals surface area contributed by atoms with Crippen molar-refractivity contribution in [3.05, 3.63) is 11.6 Å². The number of nitrogens with zero attached hydrogens (tertiary/aromatic N) is 3. The van der Waals surface area contributed by atoms with Gasteiger partial charge in [0.2, 0.25) is 5.91 Å². The van der Waals surface area contributed by atoms with Gasteiger partial charge in [-0.2, -0.15) is 5.10 Å². The van der Waals surface area contributed by atoms with Crippen molar-refractivity contribution in [1.82, 2.24) is 25.4 Å². The number of hydrogen-bond donors (Lipinski definition) is 2. The minimum Gasteiger partial charge on any atom is -0.376 e. The van der Waals surface area contributed by atoms with E-state index in [1.54, 1.807) is 0 Å². The lowest BCUT2D eigenvalue weighted by molar-refractivity contribution is -0.126. The second-order valence-corrected chi connectivity index (χ2v) is 7.72. The van der Waals surface area contributed by atoms with Gasteiger partial charge in [0.15, 0.2) is 5.82 Å². The molecule has 1 aromatic heterocycles. The molecule has 3 aliphatic rings. The Balaban J connectivity index is 1.23. The highest BCUT2D eigenvalue weighted by Gasteiger charge is 2.31. The lowest BCUT2D eigenvalue weighted by atomic mass is 9.95. The molecule has 1 aromatic rings. The first-order valence-electron chi connectivity index (χ1n) is 9.76. The first-order valence-corrected chi connectivity index (χ1v) is 9.76. The molecule has 2 saturated heterocycles. The van der Waals surface area contributed by atoms with Crippen molar-refractivity contribution in [2.24, 2.45) is 0 Å². The molecule has 4 rings (SSSR count). The summed E-state index contributed by atoms with van der Waals surface area (Å²) in [6.07, 6.45) is 6.88. The summed E-state index contributed by atoms with van der Waals surface area (Å²) in [6.45, 7) is 5.33. The summed E-state index contributed by atoms with van der Waals surface area (Å²) < 4.78 is 5.57. The zero-order valence-corrected chi connectivity index (χ0v) is 15.0. The van der Waals surface area contributed by atoms with Crippen molar-refractivity contribution < 1.29 is 9.53 Å². The fourth-order valence-electron chi connectivity index (χ4n) is 3.89. The van der Waals surface area contributed by atoms with E-state index >= 15 is 0 Å². The largest absolute Gasteiger partial charge is 0.376 e. The lowest BCUT2D eigenvalue weighted by Gasteiger charge is -2.34. The molecule has 7 nitrogen and oxygen atoms in total. The van der Waals surface area contributed by atoms with Crippen LogP contribution in [0, 0.1) is 0 Å². The van der Waals surface area contributed by atoms with Gasteiger partial charge in [-0.05, 0) is 58.5 Å². The molecule has 138 valence electrons. The number of aromatic amines is 1. The molecule has 3 heterocycles. The Kier molecular flexibility index (Phi) is 5.03. The smallest absolute Gasteiger partial charge is 0.237 e. The van der Waals surface area contributed by atoms with Gasteiger partial charge in [0.1, 0.15) is 5.82 Å². The first kappa shape index (κ1) is 17.0. The van der Waals surface area contributed by atoms with Gasteiger partial charge in [0, 0.05) is 25.0 Å². The minimum absolute atomic E-state index is 0.0842. The van der Waals surface area contributed by atoms with Crippen molar-refractivity contribution in [3.8, 4) is 0 Å². The highest BCUT2D eigenvalue weighted by atomic mass is 16.5. The van der Waals surface area contributed by atoms with Crippen LogP contribution in [0.5, 0.6) is 0 Å². The molecule has 1 aliphatic carbocycles. The van der Waals surface area contributed by atoms with Crippen LogP contribution in [0.25, 0.3) is 0 Å². The summed E-state index contributed by atoms with van der Waals surface area (Å²) in [5, 5.41) is 10.6. The molecule has 2 N–H and O–H groups in total. The molecule has 0 unspecified atom stereocenters. The summed E-state index contributed by atoms with van der Waals surface area (Å²) in [5.41, 5.74) is 0. The molecular formula is C18H29N5O2. The van der Waals surface area contributed by atoms with Crippen molar-refractivity contribution >= 4 is 5.91 Å². The van der Waals surface area contributed by atoms with Gasteiger partial charge in [-0.3, -0.25) is 14.8 Å². The third kappa shape index (κ3) is 4.03. The molecule has 7 heteroatoms. The average molecular weight is 347 g/mol. The van der Waals surface area contributed by atoms with Gasteiger partial charge >= 0.3 is 0 Å². The van der Waals surface area contributed by atoms with Crippen LogP contribution in [-0.4, -0.2) is 64.4 Å². The number of likely N-dealkylation sites (tertiary alicyclic amines) is 1. The van der Waals surface area contributed by atoms with Gasteiger partial charge in [0.25, 0.3) is 0 Å². The summed E-state index contributed by atoms with van der Waals surface area (Å²) in [6, 6.07) is -0.0842. The van der Waals surface area contributed by atoms with Crippen LogP contribution < -0.4 is 5.32 Å². The van der Waals surface area contributed by atoms with Crippen LogP contribution in [0.3, 0.4) is 0 Å². The molecular weight excluding hydrogens is 318 g/mol. The maximum Gasteiger partial charge on any atom is 0.237 e. The van der Waals surface area contributed by atoms with E-state index in [9.17, 15) is 4.79 Å². The predicted octanol–water partition coefficient (Wildman–Crippen LogP) is 1.55. The van der Waals surface area contributed by atoms with Crippen LogP contribution in [0.4, 0.5) is 0 Å². The number of carbonyl (C=O) groups is 1. The highest BCUT2D eigenvalue weighted by Crippen LogP contribution is 2.38. The number of carbonyl (C=O) groups excluding carboxylic acids is 1. The van der Waals surface area contributed by atoms with Crippen LogP contribution in [0.2, 0.25) is 0 Å². The number of ether oxygens (including phenoxy) is 1. The van der Waals surface area contributed by atoms with E-state index in [-0.39, 0.29) is 18.1 Å². The second-order valence-electron chi connectivity index (χ2n) is 7.72. The van der Waals surface area contributed by atoms with E-state index in [0.717, 1.165) is 57.0 Å². The van der Waals surface area contributed by atoms with Gasteiger partial charge in [-0.25, -0.2) is 4.98 Å².